The van der Waals surface area contributed by atoms with E-state index in [1.54, 1.807) is 16.3 Å². The summed E-state index contributed by atoms with van der Waals surface area (Å²) in [7, 11) is -1.49. The fourth-order valence-electron chi connectivity index (χ4n) is 2.97. The molecule has 6 nitrogen and oxygen atoms in total. The Labute approximate surface area is 143 Å². The molecule has 2 fully saturated rings. The third-order valence-electron chi connectivity index (χ3n) is 4.68. The van der Waals surface area contributed by atoms with E-state index in [0.717, 1.165) is 24.2 Å². The molecule has 0 unspecified atom stereocenters. The lowest BCUT2D eigenvalue weighted by Gasteiger charge is -2.34. The molecule has 1 saturated carbocycles. The number of aryl methyl sites for hydroxylation is 1. The van der Waals surface area contributed by atoms with Gasteiger partial charge in [-0.05, 0) is 37.0 Å². The van der Waals surface area contributed by atoms with E-state index in [0.29, 0.717) is 39.0 Å². The highest BCUT2D eigenvalue weighted by Crippen LogP contribution is 2.31. The highest BCUT2D eigenvalue weighted by Gasteiger charge is 2.41. The van der Waals surface area contributed by atoms with Gasteiger partial charge in [0.1, 0.15) is 5.75 Å². The Bertz CT molecular complexity index is 675. The van der Waals surface area contributed by atoms with E-state index in [4.69, 9.17) is 4.74 Å². The third-order valence-corrected chi connectivity index (χ3v) is 7.08. The summed E-state index contributed by atoms with van der Waals surface area (Å²) in [6.45, 7) is 1.83. The maximum Gasteiger partial charge on any atom is 0.222 e. The number of ether oxygens (including phenoxy) is 1. The molecule has 1 aliphatic heterocycles. The van der Waals surface area contributed by atoms with E-state index in [9.17, 15) is 13.2 Å². The van der Waals surface area contributed by atoms with E-state index in [1.165, 1.54) is 0 Å². The molecule has 1 aromatic carbocycles. The minimum atomic E-state index is -3.12. The standard InChI is InChI=1S/C17H24N2O4S/c1-23-15-5-2-14(3-6-15)4-9-17(20)18-10-12-19(13-11-18)24(21,22)16-7-8-16/h2-3,5-6,16H,4,7-13H2,1H3. The highest BCUT2D eigenvalue weighted by molar-refractivity contribution is 7.90. The molecule has 0 radical (unpaired) electrons. The Morgan fingerprint density at radius 2 is 1.75 bits per heavy atom. The van der Waals surface area contributed by atoms with Crippen molar-refractivity contribution < 1.29 is 17.9 Å². The van der Waals surface area contributed by atoms with Crippen LogP contribution in [0.25, 0.3) is 0 Å². The molecule has 0 aromatic heterocycles. The number of piperazine rings is 1. The number of hydrogen-bond acceptors (Lipinski definition) is 4. The quantitative estimate of drug-likeness (QED) is 0.773. The molecule has 3 rings (SSSR count). The number of sulfonamides is 1. The zero-order valence-corrected chi connectivity index (χ0v) is 14.8. The molecule has 1 amide bonds. The van der Waals surface area contributed by atoms with Crippen molar-refractivity contribution in [1.29, 1.82) is 0 Å². The molecule has 132 valence electrons. The third kappa shape index (κ3) is 3.89. The van der Waals surface area contributed by atoms with Gasteiger partial charge in [0.25, 0.3) is 0 Å². The van der Waals surface area contributed by atoms with E-state index in [1.807, 2.05) is 24.3 Å². The van der Waals surface area contributed by atoms with Crippen LogP contribution in [0.4, 0.5) is 0 Å². The second kappa shape index (κ2) is 7.11. The molecule has 0 N–H and O–H groups in total. The first-order valence-electron chi connectivity index (χ1n) is 8.40. The van der Waals surface area contributed by atoms with Gasteiger partial charge in [-0.2, -0.15) is 4.31 Å². The largest absolute Gasteiger partial charge is 0.497 e. The average molecular weight is 352 g/mol. The van der Waals surface area contributed by atoms with Gasteiger partial charge >= 0.3 is 0 Å². The summed E-state index contributed by atoms with van der Waals surface area (Å²) < 4.78 is 31.1. The Hall–Kier alpha value is -1.60. The van der Waals surface area contributed by atoms with Crippen LogP contribution in [0.15, 0.2) is 24.3 Å². The minimum absolute atomic E-state index is 0.0919. The predicted octanol–water partition coefficient (Wildman–Crippen LogP) is 1.26. The summed E-state index contributed by atoms with van der Waals surface area (Å²) in [6.07, 6.45) is 2.69. The van der Waals surface area contributed by atoms with Gasteiger partial charge in [0, 0.05) is 32.6 Å². The Morgan fingerprint density at radius 1 is 1.12 bits per heavy atom. The molecule has 0 bridgehead atoms. The first-order valence-corrected chi connectivity index (χ1v) is 9.90. The van der Waals surface area contributed by atoms with Gasteiger partial charge in [0.2, 0.25) is 15.9 Å². The lowest BCUT2D eigenvalue weighted by molar-refractivity contribution is -0.132. The molecule has 1 aromatic rings. The molecule has 0 atom stereocenters. The zero-order valence-electron chi connectivity index (χ0n) is 14.0. The lowest BCUT2D eigenvalue weighted by atomic mass is 10.1. The molecule has 1 aliphatic carbocycles. The molecule has 24 heavy (non-hydrogen) atoms. The number of methoxy groups -OCH3 is 1. The maximum atomic E-state index is 12.3. The number of hydrogen-bond donors (Lipinski definition) is 0. The predicted molar refractivity (Wildman–Crippen MR) is 91.4 cm³/mol. The molecular formula is C17H24N2O4S. The lowest BCUT2D eigenvalue weighted by Crippen LogP contribution is -2.51. The van der Waals surface area contributed by atoms with Crippen LogP contribution in [0.1, 0.15) is 24.8 Å². The monoisotopic (exact) mass is 352 g/mol. The number of nitrogens with zero attached hydrogens (tertiary/aromatic N) is 2. The van der Waals surface area contributed by atoms with Crippen LogP contribution in [0.5, 0.6) is 5.75 Å². The van der Waals surface area contributed by atoms with Crippen LogP contribution in [0.2, 0.25) is 0 Å². The van der Waals surface area contributed by atoms with E-state index < -0.39 is 10.0 Å². The van der Waals surface area contributed by atoms with Crippen LogP contribution < -0.4 is 4.74 Å². The number of benzene rings is 1. The van der Waals surface area contributed by atoms with Gasteiger partial charge < -0.3 is 9.64 Å². The second-order valence-electron chi connectivity index (χ2n) is 6.37. The van der Waals surface area contributed by atoms with Gasteiger partial charge in [-0.15, -0.1) is 0 Å². The number of amides is 1. The van der Waals surface area contributed by atoms with Crippen molar-refractivity contribution in [3.63, 3.8) is 0 Å². The SMILES string of the molecule is COc1ccc(CCC(=O)N2CCN(S(=O)(=O)C3CC3)CC2)cc1. The summed E-state index contributed by atoms with van der Waals surface area (Å²) in [6, 6.07) is 7.71. The fourth-order valence-corrected chi connectivity index (χ4v) is 4.80. The number of carbonyl (C=O) groups is 1. The zero-order chi connectivity index (χ0) is 17.2. The van der Waals surface area contributed by atoms with Crippen LogP contribution in [-0.2, 0) is 21.2 Å². The summed E-state index contributed by atoms with van der Waals surface area (Å²) in [5, 5.41) is -0.171. The van der Waals surface area contributed by atoms with Crippen molar-refractivity contribution in [3.05, 3.63) is 29.8 Å². The normalized spacial score (nSPS) is 19.3. The van der Waals surface area contributed by atoms with Gasteiger partial charge in [-0.3, -0.25) is 4.79 Å². The molecular weight excluding hydrogens is 328 g/mol. The van der Waals surface area contributed by atoms with Crippen molar-refractivity contribution in [2.75, 3.05) is 33.3 Å². The van der Waals surface area contributed by atoms with Crippen molar-refractivity contribution in [2.24, 2.45) is 0 Å². The second-order valence-corrected chi connectivity index (χ2v) is 8.59. The van der Waals surface area contributed by atoms with Gasteiger partial charge in [-0.25, -0.2) is 8.42 Å². The van der Waals surface area contributed by atoms with Gasteiger partial charge in [-0.1, -0.05) is 12.1 Å². The summed E-state index contributed by atoms with van der Waals surface area (Å²) >= 11 is 0. The van der Waals surface area contributed by atoms with Crippen LogP contribution in [0, 0.1) is 0 Å². The first kappa shape index (κ1) is 17.2. The van der Waals surface area contributed by atoms with Crippen LogP contribution >= 0.6 is 0 Å². The molecule has 1 heterocycles. The van der Waals surface area contributed by atoms with Crippen LogP contribution in [0.3, 0.4) is 0 Å². The van der Waals surface area contributed by atoms with E-state index in [-0.39, 0.29) is 11.2 Å². The Balaban J connectivity index is 1.46. The van der Waals surface area contributed by atoms with Crippen molar-refractivity contribution >= 4 is 15.9 Å². The summed E-state index contributed by atoms with van der Waals surface area (Å²) in [5.41, 5.74) is 1.10. The average Bonchev–Trinajstić information content (AvgIpc) is 3.46. The molecule has 2 aliphatic rings. The van der Waals surface area contributed by atoms with E-state index >= 15 is 0 Å². The van der Waals surface area contributed by atoms with Crippen LogP contribution in [-0.4, -0.2) is 62.1 Å². The molecule has 0 spiro atoms. The van der Waals surface area contributed by atoms with Gasteiger partial charge in [0.05, 0.1) is 12.4 Å². The van der Waals surface area contributed by atoms with Crippen molar-refractivity contribution in [2.45, 2.75) is 30.9 Å². The summed E-state index contributed by atoms with van der Waals surface area (Å²) in [4.78, 5) is 14.1. The topological polar surface area (TPSA) is 66.9 Å². The smallest absolute Gasteiger partial charge is 0.222 e. The Morgan fingerprint density at radius 3 is 2.29 bits per heavy atom. The highest BCUT2D eigenvalue weighted by atomic mass is 32.2. The minimum Gasteiger partial charge on any atom is -0.497 e. The molecule has 7 heteroatoms. The first-order chi connectivity index (χ1) is 11.5. The Kier molecular flexibility index (Phi) is 5.10. The number of carbonyl (C=O) groups excluding carboxylic acids is 1. The molecule has 1 saturated heterocycles. The van der Waals surface area contributed by atoms with Crippen molar-refractivity contribution in [3.8, 4) is 5.75 Å². The van der Waals surface area contributed by atoms with E-state index in [2.05, 4.69) is 0 Å². The number of rotatable bonds is 6. The van der Waals surface area contributed by atoms with Gasteiger partial charge in [0.15, 0.2) is 0 Å². The maximum absolute atomic E-state index is 12.3. The summed E-state index contributed by atoms with van der Waals surface area (Å²) in [5.74, 6) is 0.896. The van der Waals surface area contributed by atoms with Crippen molar-refractivity contribution in [1.82, 2.24) is 9.21 Å². The fraction of sp³-hybridized carbons (Fsp3) is 0.588.